The molecule has 0 aliphatic carbocycles. The zero-order valence-electron chi connectivity index (χ0n) is 18.4. The zero-order valence-corrected chi connectivity index (χ0v) is 18.4. The minimum Gasteiger partial charge on any atom is -0.261 e. The summed E-state index contributed by atoms with van der Waals surface area (Å²) >= 11 is 0. The van der Waals surface area contributed by atoms with Gasteiger partial charge in [-0.15, -0.1) is 0 Å². The zero-order chi connectivity index (χ0) is 19.5. The molecule has 0 aromatic heterocycles. The Morgan fingerprint density at radius 3 is 1.65 bits per heavy atom. The van der Waals surface area contributed by atoms with Crippen molar-refractivity contribution in [2.75, 3.05) is 13.6 Å². The molecular weight excluding hydrogens is 280 g/mol. The smallest absolute Gasteiger partial charge is 0.0286 e. The summed E-state index contributed by atoms with van der Waals surface area (Å²) in [6.45, 7) is 23.5. The Labute approximate surface area is 149 Å². The van der Waals surface area contributed by atoms with Gasteiger partial charge in [-0.2, -0.15) is 0 Å². The molecule has 0 aliphatic heterocycles. The summed E-state index contributed by atoms with van der Waals surface area (Å²) in [6.07, 6.45) is 11.7. The Balaban J connectivity index is -0.000000101. The molecule has 0 radical (unpaired) electrons. The monoisotopic (exact) mass is 328 g/mol. The van der Waals surface area contributed by atoms with Crippen LogP contribution in [0.4, 0.5) is 0 Å². The average molecular weight is 329 g/mol. The van der Waals surface area contributed by atoms with Gasteiger partial charge in [0.05, 0.1) is 0 Å². The summed E-state index contributed by atoms with van der Waals surface area (Å²) < 4.78 is 0. The molecule has 23 heavy (non-hydrogen) atoms. The molecule has 0 saturated heterocycles. The third-order valence-corrected chi connectivity index (χ3v) is 1.88. The van der Waals surface area contributed by atoms with Gasteiger partial charge in [-0.25, -0.2) is 0 Å². The summed E-state index contributed by atoms with van der Waals surface area (Å²) in [5, 5.41) is 0. The molecule has 142 valence electrons. The van der Waals surface area contributed by atoms with Crippen LogP contribution in [0.25, 0.3) is 0 Å². The molecule has 0 amide bonds. The Hall–Kier alpha value is -0.860. The second-order valence-electron chi connectivity index (χ2n) is 4.08. The van der Waals surface area contributed by atoms with Crippen LogP contribution >= 0.6 is 0 Å². The van der Waals surface area contributed by atoms with Gasteiger partial charge in [0.1, 0.15) is 0 Å². The van der Waals surface area contributed by atoms with E-state index in [1.54, 1.807) is 0 Å². The van der Waals surface area contributed by atoms with Crippen LogP contribution in [0.3, 0.4) is 0 Å². The molecule has 0 aromatic carbocycles. The van der Waals surface area contributed by atoms with Crippen molar-refractivity contribution < 1.29 is 0 Å². The molecule has 2 heteroatoms. The standard InChI is InChI=1S/C12H22N2.C3H8.3C2H6/c1-5-6-7-8-12(11(2)3)9-10-14-13-4;1-3-2;3*1-2/h5-9,11,13-14H,10H2,1-4H3;3H2,1-2H3;3*1-2H3/b6-5-,8-7-,12-9-;;;;. The fourth-order valence-corrected chi connectivity index (χ4v) is 1.04. The number of rotatable bonds is 6. The first kappa shape index (κ1) is 33.7. The second kappa shape index (κ2) is 42.9. The van der Waals surface area contributed by atoms with E-state index in [0.29, 0.717) is 5.92 Å². The van der Waals surface area contributed by atoms with Gasteiger partial charge in [0.15, 0.2) is 0 Å². The Morgan fingerprint density at radius 2 is 1.35 bits per heavy atom. The fourth-order valence-electron chi connectivity index (χ4n) is 1.04. The maximum atomic E-state index is 3.05. The van der Waals surface area contributed by atoms with E-state index >= 15 is 0 Å². The van der Waals surface area contributed by atoms with Crippen molar-refractivity contribution in [3.8, 4) is 0 Å². The molecule has 0 spiro atoms. The van der Waals surface area contributed by atoms with Crippen LogP contribution in [0.1, 0.15) is 82.6 Å². The van der Waals surface area contributed by atoms with Crippen molar-refractivity contribution in [1.29, 1.82) is 0 Å². The molecule has 2 N–H and O–H groups in total. The molecule has 2 nitrogen and oxygen atoms in total. The highest BCUT2D eigenvalue weighted by molar-refractivity contribution is 5.24. The Morgan fingerprint density at radius 1 is 0.913 bits per heavy atom. The van der Waals surface area contributed by atoms with Crippen molar-refractivity contribution in [1.82, 2.24) is 10.9 Å². The minimum atomic E-state index is 0.565. The topological polar surface area (TPSA) is 24.1 Å². The molecule has 0 bridgehead atoms. The normalized spacial score (nSPS) is 9.87. The molecule has 0 heterocycles. The van der Waals surface area contributed by atoms with Gasteiger partial charge in [0.2, 0.25) is 0 Å². The number of hydrogen-bond acceptors (Lipinski definition) is 2. The molecule has 0 rings (SSSR count). The van der Waals surface area contributed by atoms with E-state index in [-0.39, 0.29) is 0 Å². The van der Waals surface area contributed by atoms with Crippen molar-refractivity contribution in [2.24, 2.45) is 5.92 Å². The predicted octanol–water partition coefficient (Wildman–Crippen LogP) is 6.92. The van der Waals surface area contributed by atoms with Gasteiger partial charge in [0.25, 0.3) is 0 Å². The van der Waals surface area contributed by atoms with Crippen molar-refractivity contribution >= 4 is 0 Å². The maximum absolute atomic E-state index is 3.05. The van der Waals surface area contributed by atoms with Crippen molar-refractivity contribution in [3.63, 3.8) is 0 Å². The maximum Gasteiger partial charge on any atom is 0.0286 e. The second-order valence-corrected chi connectivity index (χ2v) is 4.08. The summed E-state index contributed by atoms with van der Waals surface area (Å²) in [4.78, 5) is 0. The summed E-state index contributed by atoms with van der Waals surface area (Å²) in [6, 6.07) is 0. The highest BCUT2D eigenvalue weighted by Crippen LogP contribution is 2.10. The Kier molecular flexibility index (Phi) is 62.8. The number of nitrogens with one attached hydrogen (secondary N) is 2. The summed E-state index contributed by atoms with van der Waals surface area (Å²) in [5.41, 5.74) is 7.29. The molecule has 0 aromatic rings. The van der Waals surface area contributed by atoms with E-state index in [1.807, 2.05) is 67.7 Å². The van der Waals surface area contributed by atoms with Crippen LogP contribution in [0.2, 0.25) is 0 Å². The van der Waals surface area contributed by atoms with E-state index in [2.05, 4.69) is 56.8 Å². The Bertz CT molecular complexity index is 226. The van der Waals surface area contributed by atoms with Crippen LogP contribution in [0, 0.1) is 5.92 Å². The van der Waals surface area contributed by atoms with E-state index < -0.39 is 0 Å². The number of hydrazine groups is 1. The highest BCUT2D eigenvalue weighted by Gasteiger charge is 1.96. The van der Waals surface area contributed by atoms with E-state index in [0.717, 1.165) is 6.54 Å². The lowest BCUT2D eigenvalue weighted by atomic mass is 10.0. The molecule has 0 aliphatic rings. The summed E-state index contributed by atoms with van der Waals surface area (Å²) in [5.74, 6) is 0.565. The molecule has 0 unspecified atom stereocenters. The molecule has 0 atom stereocenters. The first-order valence-corrected chi connectivity index (χ1v) is 9.52. The van der Waals surface area contributed by atoms with E-state index in [9.17, 15) is 0 Å². The number of hydrogen-bond donors (Lipinski definition) is 2. The lowest BCUT2D eigenvalue weighted by molar-refractivity contribution is 0.641. The van der Waals surface area contributed by atoms with Crippen LogP contribution < -0.4 is 10.9 Å². The van der Waals surface area contributed by atoms with E-state index in [1.165, 1.54) is 12.0 Å². The first-order chi connectivity index (χ1) is 11.1. The third kappa shape index (κ3) is 44.9. The minimum absolute atomic E-state index is 0.565. The highest BCUT2D eigenvalue weighted by atomic mass is 15.3. The molecular formula is C21H48N2. The molecule has 0 fully saturated rings. The predicted molar refractivity (Wildman–Crippen MR) is 114 cm³/mol. The van der Waals surface area contributed by atoms with Gasteiger partial charge in [-0.05, 0) is 25.5 Å². The third-order valence-electron chi connectivity index (χ3n) is 1.88. The van der Waals surface area contributed by atoms with Gasteiger partial charge < -0.3 is 0 Å². The van der Waals surface area contributed by atoms with Crippen LogP contribution in [-0.2, 0) is 0 Å². The SMILES string of the molecule is CC.CC.CC.CCC.C\C=C/C=C\C(=C\CNNC)C(C)C. The molecule has 0 saturated carbocycles. The lowest BCUT2D eigenvalue weighted by Gasteiger charge is -2.06. The van der Waals surface area contributed by atoms with Crippen LogP contribution in [0.5, 0.6) is 0 Å². The van der Waals surface area contributed by atoms with Crippen LogP contribution in [0.15, 0.2) is 36.0 Å². The largest absolute Gasteiger partial charge is 0.261 e. The van der Waals surface area contributed by atoms with Crippen molar-refractivity contribution in [2.45, 2.75) is 82.6 Å². The average Bonchev–Trinajstić information content (AvgIpc) is 2.59. The van der Waals surface area contributed by atoms with Gasteiger partial charge in [0, 0.05) is 6.54 Å². The first-order valence-electron chi connectivity index (χ1n) is 9.52. The van der Waals surface area contributed by atoms with Gasteiger partial charge in [-0.1, -0.05) is 106 Å². The lowest BCUT2D eigenvalue weighted by Crippen LogP contribution is -2.27. The van der Waals surface area contributed by atoms with Crippen LogP contribution in [-0.4, -0.2) is 13.6 Å². The van der Waals surface area contributed by atoms with Gasteiger partial charge in [-0.3, -0.25) is 10.9 Å². The van der Waals surface area contributed by atoms with E-state index in [4.69, 9.17) is 0 Å². The fraction of sp³-hybridized carbons (Fsp3) is 0.714. The quantitative estimate of drug-likeness (QED) is 0.314. The van der Waals surface area contributed by atoms with Crippen molar-refractivity contribution in [3.05, 3.63) is 36.0 Å². The number of allylic oxidation sites excluding steroid dienone is 5. The summed E-state index contributed by atoms with van der Waals surface area (Å²) in [7, 11) is 1.87. The van der Waals surface area contributed by atoms with Gasteiger partial charge >= 0.3 is 0 Å².